The first kappa shape index (κ1) is 14.4. The standard InChI is InChI=1S/C15H21ClN2O/c1-11(2)17-9-12-10-18(6-7-19-3)15-8-13(16)4-5-14(12)15/h4-5,8,10-11,17H,6-7,9H2,1-3H3. The van der Waals surface area contributed by atoms with E-state index in [2.05, 4.69) is 36.0 Å². The number of hydrogen-bond donors (Lipinski definition) is 1. The maximum absolute atomic E-state index is 6.10. The molecule has 3 nitrogen and oxygen atoms in total. The molecule has 19 heavy (non-hydrogen) atoms. The molecule has 0 aliphatic rings. The molecule has 104 valence electrons. The molecule has 2 aromatic rings. The molecule has 0 saturated carbocycles. The first-order valence-electron chi connectivity index (χ1n) is 6.61. The van der Waals surface area contributed by atoms with Crippen molar-refractivity contribution in [1.82, 2.24) is 9.88 Å². The lowest BCUT2D eigenvalue weighted by Crippen LogP contribution is -2.21. The lowest BCUT2D eigenvalue weighted by atomic mass is 10.1. The highest BCUT2D eigenvalue weighted by Gasteiger charge is 2.09. The van der Waals surface area contributed by atoms with Crippen LogP contribution in [0.2, 0.25) is 5.02 Å². The van der Waals surface area contributed by atoms with Crippen LogP contribution in [0.15, 0.2) is 24.4 Å². The van der Waals surface area contributed by atoms with Crippen molar-refractivity contribution in [3.8, 4) is 0 Å². The van der Waals surface area contributed by atoms with E-state index < -0.39 is 0 Å². The van der Waals surface area contributed by atoms with Crippen LogP contribution in [0, 0.1) is 0 Å². The zero-order chi connectivity index (χ0) is 13.8. The van der Waals surface area contributed by atoms with Gasteiger partial charge in [0.05, 0.1) is 6.61 Å². The van der Waals surface area contributed by atoms with Crippen molar-refractivity contribution in [2.75, 3.05) is 13.7 Å². The summed E-state index contributed by atoms with van der Waals surface area (Å²) in [5, 5.41) is 5.49. The van der Waals surface area contributed by atoms with Crippen LogP contribution in [0.4, 0.5) is 0 Å². The van der Waals surface area contributed by atoms with E-state index in [4.69, 9.17) is 16.3 Å². The molecule has 0 fully saturated rings. The van der Waals surface area contributed by atoms with E-state index in [-0.39, 0.29) is 0 Å². The van der Waals surface area contributed by atoms with Crippen molar-refractivity contribution in [3.05, 3.63) is 35.0 Å². The first-order chi connectivity index (χ1) is 9.11. The number of methoxy groups -OCH3 is 1. The molecule has 1 heterocycles. The number of rotatable bonds is 6. The third kappa shape index (κ3) is 3.50. The van der Waals surface area contributed by atoms with Gasteiger partial charge in [0.2, 0.25) is 0 Å². The van der Waals surface area contributed by atoms with E-state index in [1.165, 1.54) is 16.5 Å². The third-order valence-electron chi connectivity index (χ3n) is 3.16. The number of nitrogens with one attached hydrogen (secondary N) is 1. The molecule has 2 rings (SSSR count). The molecule has 1 aromatic carbocycles. The zero-order valence-electron chi connectivity index (χ0n) is 11.7. The fourth-order valence-electron chi connectivity index (χ4n) is 2.17. The van der Waals surface area contributed by atoms with Crippen molar-refractivity contribution < 1.29 is 4.74 Å². The molecule has 0 bridgehead atoms. The van der Waals surface area contributed by atoms with Gasteiger partial charge in [-0.2, -0.15) is 0 Å². The number of halogens is 1. The molecule has 0 unspecified atom stereocenters. The van der Waals surface area contributed by atoms with Gasteiger partial charge in [-0.15, -0.1) is 0 Å². The molecule has 0 saturated heterocycles. The average molecular weight is 281 g/mol. The Kier molecular flexibility index (Phi) is 4.86. The van der Waals surface area contributed by atoms with E-state index in [0.717, 1.165) is 18.1 Å². The summed E-state index contributed by atoms with van der Waals surface area (Å²) in [6.45, 7) is 6.72. The SMILES string of the molecule is COCCn1cc(CNC(C)C)c2ccc(Cl)cc21. The molecule has 0 aliphatic carbocycles. The van der Waals surface area contributed by atoms with E-state index in [9.17, 15) is 0 Å². The van der Waals surface area contributed by atoms with Gasteiger partial charge in [0.1, 0.15) is 0 Å². The van der Waals surface area contributed by atoms with Crippen LogP contribution >= 0.6 is 11.6 Å². The van der Waals surface area contributed by atoms with Gasteiger partial charge in [-0.3, -0.25) is 0 Å². The van der Waals surface area contributed by atoms with Crippen LogP contribution in [-0.4, -0.2) is 24.3 Å². The normalized spacial score (nSPS) is 11.6. The fourth-order valence-corrected chi connectivity index (χ4v) is 2.34. The van der Waals surface area contributed by atoms with E-state index >= 15 is 0 Å². The van der Waals surface area contributed by atoms with Gasteiger partial charge in [-0.25, -0.2) is 0 Å². The first-order valence-corrected chi connectivity index (χ1v) is 6.99. The van der Waals surface area contributed by atoms with Crippen LogP contribution in [0.1, 0.15) is 19.4 Å². The predicted molar refractivity (Wildman–Crippen MR) is 80.8 cm³/mol. The summed E-state index contributed by atoms with van der Waals surface area (Å²) in [7, 11) is 1.72. The maximum Gasteiger partial charge on any atom is 0.0641 e. The Morgan fingerprint density at radius 3 is 2.84 bits per heavy atom. The lowest BCUT2D eigenvalue weighted by Gasteiger charge is -2.06. The number of hydrogen-bond acceptors (Lipinski definition) is 2. The Morgan fingerprint density at radius 1 is 1.37 bits per heavy atom. The summed E-state index contributed by atoms with van der Waals surface area (Å²) < 4.78 is 7.37. The summed E-state index contributed by atoms with van der Waals surface area (Å²) >= 11 is 6.10. The van der Waals surface area contributed by atoms with E-state index in [1.54, 1.807) is 7.11 Å². The van der Waals surface area contributed by atoms with Gasteiger partial charge in [0, 0.05) is 48.4 Å². The second-order valence-electron chi connectivity index (χ2n) is 5.04. The topological polar surface area (TPSA) is 26.2 Å². The number of nitrogens with zero attached hydrogens (tertiary/aromatic N) is 1. The van der Waals surface area contributed by atoms with Crippen molar-refractivity contribution >= 4 is 22.5 Å². The Hall–Kier alpha value is -1.03. The highest BCUT2D eigenvalue weighted by Crippen LogP contribution is 2.25. The van der Waals surface area contributed by atoms with Crippen LogP contribution < -0.4 is 5.32 Å². The van der Waals surface area contributed by atoms with Crippen LogP contribution in [0.25, 0.3) is 10.9 Å². The third-order valence-corrected chi connectivity index (χ3v) is 3.40. The predicted octanol–water partition coefficient (Wildman–Crippen LogP) is 3.44. The minimum absolute atomic E-state index is 0.477. The lowest BCUT2D eigenvalue weighted by molar-refractivity contribution is 0.188. The molecular formula is C15H21ClN2O. The summed E-state index contributed by atoms with van der Waals surface area (Å²) in [5.41, 5.74) is 2.47. The Bertz CT molecular complexity index is 548. The highest BCUT2D eigenvalue weighted by atomic mass is 35.5. The van der Waals surface area contributed by atoms with Crippen molar-refractivity contribution in [2.45, 2.75) is 33.0 Å². The average Bonchev–Trinajstić information content (AvgIpc) is 2.71. The van der Waals surface area contributed by atoms with Crippen LogP contribution in [-0.2, 0) is 17.8 Å². The minimum Gasteiger partial charge on any atom is -0.383 e. The smallest absolute Gasteiger partial charge is 0.0641 e. The van der Waals surface area contributed by atoms with Crippen LogP contribution in [0.3, 0.4) is 0 Å². The molecule has 1 aromatic heterocycles. The molecule has 0 atom stereocenters. The number of ether oxygens (including phenoxy) is 1. The van der Waals surface area contributed by atoms with Gasteiger partial charge in [-0.1, -0.05) is 31.5 Å². The van der Waals surface area contributed by atoms with Gasteiger partial charge in [0.15, 0.2) is 0 Å². The fraction of sp³-hybridized carbons (Fsp3) is 0.467. The zero-order valence-corrected chi connectivity index (χ0v) is 12.5. The number of benzene rings is 1. The quantitative estimate of drug-likeness (QED) is 0.877. The van der Waals surface area contributed by atoms with Crippen molar-refractivity contribution in [2.24, 2.45) is 0 Å². The Balaban J connectivity index is 2.35. The Morgan fingerprint density at radius 2 is 2.16 bits per heavy atom. The van der Waals surface area contributed by atoms with E-state index in [1.807, 2.05) is 12.1 Å². The van der Waals surface area contributed by atoms with Crippen molar-refractivity contribution in [3.63, 3.8) is 0 Å². The maximum atomic E-state index is 6.10. The highest BCUT2D eigenvalue weighted by molar-refractivity contribution is 6.31. The van der Waals surface area contributed by atoms with Gasteiger partial charge in [-0.05, 0) is 17.7 Å². The number of fused-ring (bicyclic) bond motifs is 1. The van der Waals surface area contributed by atoms with Crippen LogP contribution in [0.5, 0.6) is 0 Å². The minimum atomic E-state index is 0.477. The molecule has 0 amide bonds. The second kappa shape index (κ2) is 6.42. The van der Waals surface area contributed by atoms with Gasteiger partial charge >= 0.3 is 0 Å². The van der Waals surface area contributed by atoms with Gasteiger partial charge < -0.3 is 14.6 Å². The summed E-state index contributed by atoms with van der Waals surface area (Å²) in [6.07, 6.45) is 2.19. The molecule has 0 spiro atoms. The Labute approximate surface area is 119 Å². The summed E-state index contributed by atoms with van der Waals surface area (Å²) in [6, 6.07) is 6.54. The van der Waals surface area contributed by atoms with E-state index in [0.29, 0.717) is 12.6 Å². The second-order valence-corrected chi connectivity index (χ2v) is 5.47. The number of aromatic nitrogens is 1. The molecule has 0 radical (unpaired) electrons. The molecule has 1 N–H and O–H groups in total. The van der Waals surface area contributed by atoms with Crippen molar-refractivity contribution in [1.29, 1.82) is 0 Å². The molecular weight excluding hydrogens is 260 g/mol. The van der Waals surface area contributed by atoms with Gasteiger partial charge in [0.25, 0.3) is 0 Å². The summed E-state index contributed by atoms with van der Waals surface area (Å²) in [4.78, 5) is 0. The summed E-state index contributed by atoms with van der Waals surface area (Å²) in [5.74, 6) is 0. The molecule has 0 aliphatic heterocycles. The largest absolute Gasteiger partial charge is 0.383 e. The molecule has 4 heteroatoms. The monoisotopic (exact) mass is 280 g/mol.